The minimum Gasteiger partial charge on any atom is -0.460 e. The molecule has 2 unspecified atom stereocenters. The molecule has 2 atom stereocenters. The van der Waals surface area contributed by atoms with Crippen LogP contribution in [0.1, 0.15) is 37.7 Å². The molecule has 1 aromatic rings. The van der Waals surface area contributed by atoms with E-state index in [0.717, 1.165) is 18.4 Å². The third kappa shape index (κ3) is 2.45. The number of nitrogens with zero attached hydrogens (tertiary/aromatic N) is 1. The van der Waals surface area contributed by atoms with Crippen LogP contribution in [0.5, 0.6) is 0 Å². The number of rotatable bonds is 6. The summed E-state index contributed by atoms with van der Waals surface area (Å²) in [7, 11) is 0. The molecule has 0 aromatic heterocycles. The Morgan fingerprint density at radius 2 is 2.16 bits per heavy atom. The molecule has 0 spiro atoms. The first kappa shape index (κ1) is 13.5. The highest BCUT2D eigenvalue weighted by molar-refractivity contribution is 5.85. The van der Waals surface area contributed by atoms with Crippen LogP contribution in [-0.2, 0) is 9.53 Å². The number of unbranched alkanes of at least 4 members (excludes halogenated alkanes) is 1. The first-order valence-corrected chi connectivity index (χ1v) is 6.49. The third-order valence-electron chi connectivity index (χ3n) is 3.54. The van der Waals surface area contributed by atoms with E-state index in [1.807, 2.05) is 37.3 Å². The van der Waals surface area contributed by atoms with Crippen molar-refractivity contribution in [2.24, 2.45) is 0 Å². The topological polar surface area (TPSA) is 69.4 Å². The fourth-order valence-electron chi connectivity index (χ4n) is 2.27. The largest absolute Gasteiger partial charge is 0.460 e. The summed E-state index contributed by atoms with van der Waals surface area (Å²) in [6.07, 6.45) is 1.85. The second kappa shape index (κ2) is 5.38. The van der Waals surface area contributed by atoms with Crippen LogP contribution in [0.25, 0.3) is 0 Å². The van der Waals surface area contributed by atoms with Crippen LogP contribution in [0.4, 0.5) is 0 Å². The Balaban J connectivity index is 2.10. The Hall–Kier alpha value is -1.91. The SMILES string of the molecule is CCCCOC(=O)C1([N+](=O)[O-])CC1c1ccccc1. The maximum Gasteiger partial charge on any atom is 0.385 e. The zero-order valence-electron chi connectivity index (χ0n) is 10.9. The highest BCUT2D eigenvalue weighted by Gasteiger charge is 2.74. The molecule has 1 aliphatic carbocycles. The van der Waals surface area contributed by atoms with E-state index in [4.69, 9.17) is 4.74 Å². The molecule has 0 radical (unpaired) electrons. The van der Waals surface area contributed by atoms with Crippen LogP contribution in [0.2, 0.25) is 0 Å². The van der Waals surface area contributed by atoms with Gasteiger partial charge in [0.1, 0.15) is 0 Å². The van der Waals surface area contributed by atoms with Gasteiger partial charge in [-0.2, -0.15) is 0 Å². The predicted octanol–water partition coefficient (Wildman–Crippen LogP) is 2.53. The van der Waals surface area contributed by atoms with Crippen molar-refractivity contribution >= 4 is 5.97 Å². The normalized spacial score (nSPS) is 24.8. The summed E-state index contributed by atoms with van der Waals surface area (Å²) in [5, 5.41) is 11.2. The van der Waals surface area contributed by atoms with Gasteiger partial charge in [-0.05, 0) is 12.0 Å². The second-order valence-corrected chi connectivity index (χ2v) is 4.84. The fraction of sp³-hybridized carbons (Fsp3) is 0.500. The van der Waals surface area contributed by atoms with Gasteiger partial charge in [0.05, 0.1) is 12.5 Å². The maximum absolute atomic E-state index is 12.0. The lowest BCUT2D eigenvalue weighted by molar-refractivity contribution is -0.527. The van der Waals surface area contributed by atoms with Gasteiger partial charge in [-0.3, -0.25) is 10.1 Å². The molecule has 0 saturated heterocycles. The van der Waals surface area contributed by atoms with Gasteiger partial charge in [0.25, 0.3) is 0 Å². The van der Waals surface area contributed by atoms with E-state index >= 15 is 0 Å². The minimum absolute atomic E-state index is 0.231. The van der Waals surface area contributed by atoms with E-state index in [9.17, 15) is 14.9 Å². The standard InChI is InChI=1S/C14H17NO4/c1-2-3-9-19-13(16)14(15(17)18)10-12(14)11-7-5-4-6-8-11/h4-8,12H,2-3,9-10H2,1H3. The maximum atomic E-state index is 12.0. The molecule has 0 amide bonds. The third-order valence-corrected chi connectivity index (χ3v) is 3.54. The molecule has 5 nitrogen and oxygen atoms in total. The zero-order chi connectivity index (χ0) is 13.9. The molecule has 1 saturated carbocycles. The summed E-state index contributed by atoms with van der Waals surface area (Å²) in [5.41, 5.74) is -0.735. The van der Waals surface area contributed by atoms with Gasteiger partial charge in [0.2, 0.25) is 0 Å². The van der Waals surface area contributed by atoms with Crippen molar-refractivity contribution < 1.29 is 14.5 Å². The summed E-state index contributed by atoms with van der Waals surface area (Å²) < 4.78 is 5.04. The van der Waals surface area contributed by atoms with E-state index < -0.39 is 16.4 Å². The molecule has 0 N–H and O–H groups in total. The van der Waals surface area contributed by atoms with Gasteiger partial charge < -0.3 is 4.74 Å². The van der Waals surface area contributed by atoms with E-state index in [0.29, 0.717) is 0 Å². The Morgan fingerprint density at radius 1 is 1.47 bits per heavy atom. The molecule has 0 aliphatic heterocycles. The van der Waals surface area contributed by atoms with Crippen molar-refractivity contribution in [3.8, 4) is 0 Å². The quantitative estimate of drug-likeness (QED) is 0.342. The highest BCUT2D eigenvalue weighted by Crippen LogP contribution is 2.54. The van der Waals surface area contributed by atoms with Crippen molar-refractivity contribution in [3.05, 3.63) is 46.0 Å². The van der Waals surface area contributed by atoms with Crippen LogP contribution in [-0.4, -0.2) is 23.0 Å². The highest BCUT2D eigenvalue weighted by atomic mass is 16.6. The van der Waals surface area contributed by atoms with E-state index in [1.54, 1.807) is 0 Å². The van der Waals surface area contributed by atoms with Crippen LogP contribution >= 0.6 is 0 Å². The summed E-state index contributed by atoms with van der Waals surface area (Å²) >= 11 is 0. The first-order valence-electron chi connectivity index (χ1n) is 6.49. The van der Waals surface area contributed by atoms with Crippen LogP contribution in [0.15, 0.2) is 30.3 Å². The van der Waals surface area contributed by atoms with Crippen LogP contribution < -0.4 is 0 Å². The molecule has 0 heterocycles. The molecule has 1 aliphatic rings. The molecular formula is C14H17NO4. The number of nitro groups is 1. The van der Waals surface area contributed by atoms with Crippen molar-refractivity contribution in [1.29, 1.82) is 0 Å². The van der Waals surface area contributed by atoms with Crippen molar-refractivity contribution in [1.82, 2.24) is 0 Å². The average molecular weight is 263 g/mol. The number of ether oxygens (including phenoxy) is 1. The molecule has 0 bridgehead atoms. The number of benzene rings is 1. The molecule has 102 valence electrons. The molecule has 2 rings (SSSR count). The number of esters is 1. The lowest BCUT2D eigenvalue weighted by Gasteiger charge is -2.09. The fourth-order valence-corrected chi connectivity index (χ4v) is 2.27. The van der Waals surface area contributed by atoms with Gasteiger partial charge in [-0.15, -0.1) is 0 Å². The summed E-state index contributed by atoms with van der Waals surface area (Å²) in [6, 6.07) is 9.12. The zero-order valence-corrected chi connectivity index (χ0v) is 10.9. The number of carbonyl (C=O) groups is 1. The molecule has 5 heteroatoms. The smallest absolute Gasteiger partial charge is 0.385 e. The predicted molar refractivity (Wildman–Crippen MR) is 69.4 cm³/mol. The lowest BCUT2D eigenvalue weighted by Crippen LogP contribution is -2.35. The summed E-state index contributed by atoms with van der Waals surface area (Å²) in [4.78, 5) is 22.7. The van der Waals surface area contributed by atoms with Gasteiger partial charge in [0, 0.05) is 11.3 Å². The molecule has 1 aromatic carbocycles. The first-order chi connectivity index (χ1) is 9.13. The molecule has 19 heavy (non-hydrogen) atoms. The monoisotopic (exact) mass is 263 g/mol. The number of carbonyl (C=O) groups excluding carboxylic acids is 1. The van der Waals surface area contributed by atoms with Crippen molar-refractivity contribution in [3.63, 3.8) is 0 Å². The molecule has 1 fully saturated rings. The van der Waals surface area contributed by atoms with Crippen molar-refractivity contribution in [2.75, 3.05) is 6.61 Å². The second-order valence-electron chi connectivity index (χ2n) is 4.84. The van der Waals surface area contributed by atoms with Gasteiger partial charge in [-0.1, -0.05) is 43.7 Å². The Labute approximate surface area is 111 Å². The van der Waals surface area contributed by atoms with Crippen LogP contribution in [0.3, 0.4) is 0 Å². The molecular weight excluding hydrogens is 246 g/mol. The number of hydrogen-bond donors (Lipinski definition) is 0. The Bertz CT molecular complexity index is 474. The van der Waals surface area contributed by atoms with Gasteiger partial charge in [-0.25, -0.2) is 4.79 Å². The average Bonchev–Trinajstić information content (AvgIpc) is 3.17. The van der Waals surface area contributed by atoms with Crippen molar-refractivity contribution in [2.45, 2.75) is 37.6 Å². The lowest BCUT2D eigenvalue weighted by atomic mass is 10.1. The van der Waals surface area contributed by atoms with E-state index in [-0.39, 0.29) is 18.9 Å². The van der Waals surface area contributed by atoms with E-state index in [2.05, 4.69) is 0 Å². The summed E-state index contributed by atoms with van der Waals surface area (Å²) in [6.45, 7) is 2.23. The van der Waals surface area contributed by atoms with Gasteiger partial charge >= 0.3 is 11.5 Å². The van der Waals surface area contributed by atoms with Gasteiger partial charge in [0.15, 0.2) is 0 Å². The van der Waals surface area contributed by atoms with E-state index in [1.165, 1.54) is 0 Å². The van der Waals surface area contributed by atoms with Crippen LogP contribution in [0, 0.1) is 10.1 Å². The Kier molecular flexibility index (Phi) is 3.83. The minimum atomic E-state index is -1.56. The number of hydrogen-bond acceptors (Lipinski definition) is 4. The summed E-state index contributed by atoms with van der Waals surface area (Å²) in [5.74, 6) is -1.06. The Morgan fingerprint density at radius 3 is 2.74 bits per heavy atom.